The molecule has 0 bridgehead atoms. The third-order valence-electron chi connectivity index (χ3n) is 10.7. The van der Waals surface area contributed by atoms with Crippen molar-refractivity contribution in [3.05, 3.63) is 58.7 Å². The van der Waals surface area contributed by atoms with Gasteiger partial charge in [-0.1, -0.05) is 20.8 Å². The van der Waals surface area contributed by atoms with Crippen LogP contribution in [0.15, 0.2) is 36.4 Å². The number of likely N-dealkylation sites (tertiary alicyclic amines) is 2. The molecule has 2 aromatic rings. The first-order valence-electron chi connectivity index (χ1n) is 22.7. The van der Waals surface area contributed by atoms with Crippen LogP contribution in [-0.2, 0) is 31.4 Å². The van der Waals surface area contributed by atoms with Crippen LogP contribution in [-0.4, -0.2) is 138 Å². The Morgan fingerprint density at radius 3 is 1.26 bits per heavy atom. The Morgan fingerprint density at radius 1 is 0.644 bits per heavy atom. The van der Waals surface area contributed by atoms with Gasteiger partial charge in [-0.3, -0.25) is 19.2 Å². The first kappa shape index (κ1) is 68.0. The van der Waals surface area contributed by atoms with E-state index >= 15 is 0 Å². The molecule has 2 aromatic carbocycles. The van der Waals surface area contributed by atoms with E-state index < -0.39 is 80.6 Å². The van der Waals surface area contributed by atoms with Gasteiger partial charge in [-0.25, -0.2) is 9.59 Å². The summed E-state index contributed by atoms with van der Waals surface area (Å²) in [6.45, 7) is 21.7. The van der Waals surface area contributed by atoms with Gasteiger partial charge in [-0.2, -0.15) is 26.3 Å². The van der Waals surface area contributed by atoms with Gasteiger partial charge in [0.15, 0.2) is 0 Å². The van der Waals surface area contributed by atoms with Crippen molar-refractivity contribution in [1.29, 1.82) is 0 Å². The smallest absolute Gasteiger partial charge is 0.419 e. The molecule has 2 aliphatic rings. The quantitative estimate of drug-likeness (QED) is 0.0992. The summed E-state index contributed by atoms with van der Waals surface area (Å²) in [6, 6.07) is 5.72. The van der Waals surface area contributed by atoms with Crippen LogP contribution >= 0.6 is 34.8 Å². The summed E-state index contributed by atoms with van der Waals surface area (Å²) < 4.78 is 96.8. The fourth-order valence-corrected chi connectivity index (χ4v) is 6.69. The molecule has 26 heteroatoms. The number of ether oxygens (including phenoxy) is 4. The monoisotopic (exact) mass is 1110 g/mol. The second kappa shape index (κ2) is 29.8. The van der Waals surface area contributed by atoms with Crippen LogP contribution < -0.4 is 32.0 Å². The minimum absolute atomic E-state index is 0.00437. The van der Waals surface area contributed by atoms with Gasteiger partial charge < -0.3 is 56.2 Å². The normalized spacial score (nSPS) is 15.2. The molecule has 416 valence electrons. The number of nitrogens with two attached hydrogens (primary N) is 3. The summed E-state index contributed by atoms with van der Waals surface area (Å²) in [5.41, 5.74) is 10.2. The molecule has 0 aromatic heterocycles. The van der Waals surface area contributed by atoms with Crippen LogP contribution in [0.5, 0.6) is 11.5 Å². The molecule has 2 saturated heterocycles. The van der Waals surface area contributed by atoms with Gasteiger partial charge >= 0.3 is 24.5 Å². The van der Waals surface area contributed by atoms with E-state index in [-0.39, 0.29) is 54.2 Å². The summed E-state index contributed by atoms with van der Waals surface area (Å²) >= 11 is 14.6. The number of carbonyl (C=O) groups excluding carboxylic acids is 6. The van der Waals surface area contributed by atoms with E-state index in [9.17, 15) is 55.1 Å². The number of piperidine rings is 2. The van der Waals surface area contributed by atoms with Crippen molar-refractivity contribution in [2.24, 2.45) is 17.2 Å². The lowest BCUT2D eigenvalue weighted by atomic mass is 9.86. The molecule has 5 amide bonds. The van der Waals surface area contributed by atoms with Crippen LogP contribution in [0.1, 0.15) is 120 Å². The molecule has 2 heterocycles. The lowest BCUT2D eigenvalue weighted by molar-refractivity contribution is -0.139. The van der Waals surface area contributed by atoms with Crippen molar-refractivity contribution in [1.82, 2.24) is 20.0 Å². The maximum atomic E-state index is 13.2. The first-order chi connectivity index (χ1) is 33.4. The highest BCUT2D eigenvalue weighted by atomic mass is 35.5. The van der Waals surface area contributed by atoms with Crippen molar-refractivity contribution in [3.63, 3.8) is 0 Å². The maximum absolute atomic E-state index is 13.2. The standard InChI is InChI=1S/C20H26F3N3O5.C11H21N3O3.C9H6ClF3O2.C6H15N.CH2Cl2/c1-18(2,3)31-17(29)26-9-7-19(8-10-26,16(24)28)25-15(27)12-5-6-14(30-4)13(11-12)20(21,22)23;1-10(2,3)17-9(16)14-6-4-11(13,5-7-14)8(12)15;1-15-7-3-2-5(8(10)14)4-6(7)9(11,12)13;1-4-7(5-2)6-3;2-1-3/h5-6,11H,7-10H2,1-4H3,(H2,24,28)(H,25,27);4-7,13H2,1-3H3,(H2,12,15);2-4H,1H3;4-6H2,1-3H3;1H2. The lowest BCUT2D eigenvalue weighted by Crippen LogP contribution is -2.63. The molecular weight excluding hydrogens is 1040 g/mol. The zero-order valence-corrected chi connectivity index (χ0v) is 45.3. The second-order valence-corrected chi connectivity index (χ2v) is 19.3. The summed E-state index contributed by atoms with van der Waals surface area (Å²) in [5, 5.41) is 1.72. The third kappa shape index (κ3) is 23.4. The van der Waals surface area contributed by atoms with Crippen molar-refractivity contribution in [3.8, 4) is 11.5 Å². The molecular formula is C47H70Cl3F6N7O10. The molecule has 4 rings (SSSR count). The minimum Gasteiger partial charge on any atom is -0.496 e. The highest BCUT2D eigenvalue weighted by Crippen LogP contribution is 2.38. The highest BCUT2D eigenvalue weighted by molar-refractivity contribution is 6.67. The number of nitrogens with one attached hydrogen (secondary N) is 1. The molecule has 0 aliphatic carbocycles. The molecule has 0 atom stereocenters. The molecule has 0 spiro atoms. The van der Waals surface area contributed by atoms with Crippen LogP contribution in [0.3, 0.4) is 0 Å². The molecule has 2 fully saturated rings. The Kier molecular flexibility index (Phi) is 27.8. The van der Waals surface area contributed by atoms with E-state index in [2.05, 4.69) is 35.7 Å². The lowest BCUT2D eigenvalue weighted by Gasteiger charge is -2.40. The molecule has 17 nitrogen and oxygen atoms in total. The SMILES string of the molecule is CC(C)(C)OC(=O)N1CCC(N)(C(N)=O)CC1.CCN(CC)CC.COc1ccc(C(=O)Cl)cc1C(F)(F)F.COc1ccc(C(=O)NC2(C(N)=O)CCN(C(=O)OC(C)(C)C)CC2)cc1C(F)(F)F.ClCCl. The minimum atomic E-state index is -4.73. The Morgan fingerprint density at radius 2 is 0.986 bits per heavy atom. The van der Waals surface area contributed by atoms with Gasteiger partial charge in [-0.15, -0.1) is 23.2 Å². The topological polar surface area (TPSA) is 239 Å². The zero-order chi connectivity index (χ0) is 56.9. The molecule has 0 unspecified atom stereocenters. The Labute approximate surface area is 437 Å². The summed E-state index contributed by atoms with van der Waals surface area (Å²) in [4.78, 5) is 75.9. The van der Waals surface area contributed by atoms with Crippen molar-refractivity contribution in [2.45, 2.75) is 123 Å². The first-order valence-corrected chi connectivity index (χ1v) is 24.1. The molecule has 73 heavy (non-hydrogen) atoms. The number of hydrogen-bond donors (Lipinski definition) is 4. The van der Waals surface area contributed by atoms with E-state index in [4.69, 9.17) is 66.2 Å². The van der Waals surface area contributed by atoms with Gasteiger partial charge in [0.1, 0.15) is 28.2 Å². The van der Waals surface area contributed by atoms with Crippen LogP contribution in [0, 0.1) is 0 Å². The predicted molar refractivity (Wildman–Crippen MR) is 266 cm³/mol. The summed E-state index contributed by atoms with van der Waals surface area (Å²) in [6.07, 6.45) is -9.50. The highest BCUT2D eigenvalue weighted by Gasteiger charge is 2.44. The fourth-order valence-electron chi connectivity index (χ4n) is 6.57. The molecule has 7 N–H and O–H groups in total. The summed E-state index contributed by atoms with van der Waals surface area (Å²) in [5.74, 6) is -3.02. The van der Waals surface area contributed by atoms with Crippen LogP contribution in [0.4, 0.5) is 35.9 Å². The number of primary amides is 2. The average molecular weight is 1110 g/mol. The summed E-state index contributed by atoms with van der Waals surface area (Å²) in [7, 11) is 2.21. The van der Waals surface area contributed by atoms with E-state index in [1.54, 1.807) is 25.7 Å². The molecule has 0 radical (unpaired) electrons. The Balaban J connectivity index is 0.00000104. The van der Waals surface area contributed by atoms with Crippen LogP contribution in [0.25, 0.3) is 0 Å². The van der Waals surface area contributed by atoms with E-state index in [1.807, 2.05) is 20.8 Å². The number of rotatable bonds is 10. The number of hydrogen-bond acceptors (Lipinski definition) is 12. The fraction of sp³-hybridized carbons (Fsp3) is 0.617. The number of alkyl halides is 8. The Bertz CT molecular complexity index is 2120. The van der Waals surface area contributed by atoms with Crippen molar-refractivity contribution < 1.29 is 74.1 Å². The van der Waals surface area contributed by atoms with E-state index in [0.717, 1.165) is 32.4 Å². The van der Waals surface area contributed by atoms with Gasteiger partial charge in [0.05, 0.1) is 36.2 Å². The number of carbonyl (C=O) groups is 6. The number of benzene rings is 2. The number of methoxy groups -OCH3 is 2. The maximum Gasteiger partial charge on any atom is 0.419 e. The average Bonchev–Trinajstić information content (AvgIpc) is 3.28. The molecule has 0 saturated carbocycles. The predicted octanol–water partition coefficient (Wildman–Crippen LogP) is 8.76. The largest absolute Gasteiger partial charge is 0.496 e. The van der Waals surface area contributed by atoms with Gasteiger partial charge in [0.2, 0.25) is 11.8 Å². The third-order valence-corrected chi connectivity index (χ3v) is 11.0. The van der Waals surface area contributed by atoms with E-state index in [1.165, 1.54) is 30.6 Å². The van der Waals surface area contributed by atoms with Crippen LogP contribution in [0.2, 0.25) is 0 Å². The van der Waals surface area contributed by atoms with Gasteiger partial charge in [-0.05, 0) is 135 Å². The van der Waals surface area contributed by atoms with Gasteiger partial charge in [0, 0.05) is 37.3 Å². The van der Waals surface area contributed by atoms with Crippen molar-refractivity contribution in [2.75, 3.05) is 65.4 Å². The second-order valence-electron chi connectivity index (χ2n) is 18.2. The van der Waals surface area contributed by atoms with E-state index in [0.29, 0.717) is 38.1 Å². The zero-order valence-electron chi connectivity index (χ0n) is 43.0. The number of amides is 5. The number of halogens is 9. The Hall–Kier alpha value is -4.97. The van der Waals surface area contributed by atoms with Gasteiger partial charge in [0.25, 0.3) is 11.1 Å². The number of nitrogens with zero attached hydrogens (tertiary/aromatic N) is 3. The van der Waals surface area contributed by atoms with Crippen molar-refractivity contribution >= 4 is 70.0 Å². The molecule has 2 aliphatic heterocycles.